The molecule has 4 aliphatic carbocycles. The van der Waals surface area contributed by atoms with Gasteiger partial charge in [0.25, 0.3) is 0 Å². The van der Waals surface area contributed by atoms with Crippen LogP contribution in [0.5, 0.6) is 0 Å². The van der Waals surface area contributed by atoms with Crippen molar-refractivity contribution in [1.29, 1.82) is 0 Å². The molecule has 0 aromatic heterocycles. The Labute approximate surface area is 151 Å². The Kier molecular flexibility index (Phi) is 4.84. The molecule has 0 spiro atoms. The van der Waals surface area contributed by atoms with Gasteiger partial charge in [0.1, 0.15) is 0 Å². The number of allylic oxidation sites excluding steroid dienone is 8. The summed E-state index contributed by atoms with van der Waals surface area (Å²) >= 11 is -0.126. The molecular formula is C22H30Ti. The fourth-order valence-corrected chi connectivity index (χ4v) is 9.25. The monoisotopic (exact) mass is 342 g/mol. The minimum atomic E-state index is -0.126. The molecule has 0 aliphatic heterocycles. The summed E-state index contributed by atoms with van der Waals surface area (Å²) in [5.74, 6) is 1.85. The maximum absolute atomic E-state index is 2.62. The van der Waals surface area contributed by atoms with E-state index in [-0.39, 0.29) is 19.2 Å². The summed E-state index contributed by atoms with van der Waals surface area (Å²) in [6.45, 7) is 0. The summed E-state index contributed by atoms with van der Waals surface area (Å²) in [5.41, 5.74) is 0. The molecule has 0 atom stereocenters. The molecular weight excluding hydrogens is 312 g/mol. The molecule has 2 fully saturated rings. The average Bonchev–Trinajstić information content (AvgIpc) is 3.28. The van der Waals surface area contributed by atoms with Crippen LogP contribution in [0.25, 0.3) is 0 Å². The van der Waals surface area contributed by atoms with E-state index in [9.17, 15) is 0 Å². The zero-order chi connectivity index (χ0) is 15.6. The molecule has 0 unspecified atom stereocenters. The molecule has 4 aliphatic rings. The third kappa shape index (κ3) is 3.14. The summed E-state index contributed by atoms with van der Waals surface area (Å²) < 4.78 is 0.910. The van der Waals surface area contributed by atoms with Crippen LogP contribution in [0.1, 0.15) is 64.2 Å². The van der Waals surface area contributed by atoms with E-state index in [4.69, 9.17) is 0 Å². The van der Waals surface area contributed by atoms with Crippen LogP contribution >= 0.6 is 0 Å². The molecule has 2 saturated carbocycles. The van der Waals surface area contributed by atoms with E-state index in [1.54, 1.807) is 0 Å². The van der Waals surface area contributed by atoms with E-state index in [1.807, 2.05) is 0 Å². The van der Waals surface area contributed by atoms with E-state index in [2.05, 4.69) is 48.6 Å². The fourth-order valence-electron chi connectivity index (χ4n) is 5.42. The van der Waals surface area contributed by atoms with Crippen molar-refractivity contribution in [2.45, 2.75) is 71.6 Å². The van der Waals surface area contributed by atoms with E-state index in [1.165, 1.54) is 64.2 Å². The zero-order valence-electron chi connectivity index (χ0n) is 14.3. The molecule has 0 N–H and O–H groups in total. The molecule has 0 heterocycles. The van der Waals surface area contributed by atoms with Gasteiger partial charge in [-0.3, -0.25) is 0 Å². The summed E-state index contributed by atoms with van der Waals surface area (Å²) in [4.78, 5) is 0. The second kappa shape index (κ2) is 6.89. The van der Waals surface area contributed by atoms with Crippen LogP contribution in [-0.4, -0.2) is 0 Å². The van der Waals surface area contributed by atoms with Gasteiger partial charge in [-0.15, -0.1) is 0 Å². The second-order valence-electron chi connectivity index (χ2n) is 8.10. The first-order valence-electron chi connectivity index (χ1n) is 9.87. The molecule has 0 saturated heterocycles. The van der Waals surface area contributed by atoms with Gasteiger partial charge in [-0.25, -0.2) is 0 Å². The van der Waals surface area contributed by atoms with E-state index >= 15 is 0 Å². The van der Waals surface area contributed by atoms with Crippen LogP contribution in [0.4, 0.5) is 0 Å². The number of rotatable bonds is 4. The van der Waals surface area contributed by atoms with Crippen LogP contribution in [0.2, 0.25) is 7.44 Å². The Morgan fingerprint density at radius 3 is 1.22 bits per heavy atom. The van der Waals surface area contributed by atoms with Crippen LogP contribution in [-0.2, 0) is 19.2 Å². The minimum absolute atomic E-state index is 0.126. The van der Waals surface area contributed by atoms with Gasteiger partial charge in [0, 0.05) is 0 Å². The molecule has 122 valence electrons. The van der Waals surface area contributed by atoms with Gasteiger partial charge in [0.2, 0.25) is 0 Å². The van der Waals surface area contributed by atoms with Gasteiger partial charge in [-0.1, -0.05) is 0 Å². The first kappa shape index (κ1) is 16.2. The SMILES string of the molecule is C1=C[C]([Ti][C]2(C3CCCCC3)C=CC=C2)(C2CCCCC2)C=C1. The van der Waals surface area contributed by atoms with Crippen LogP contribution in [0, 0.1) is 11.8 Å². The van der Waals surface area contributed by atoms with Crippen LogP contribution < -0.4 is 0 Å². The van der Waals surface area contributed by atoms with Crippen LogP contribution in [0.3, 0.4) is 0 Å². The molecule has 23 heavy (non-hydrogen) atoms. The summed E-state index contributed by atoms with van der Waals surface area (Å²) in [7, 11) is 0. The third-order valence-corrected chi connectivity index (χ3v) is 10.4. The zero-order valence-corrected chi connectivity index (χ0v) is 15.9. The Morgan fingerprint density at radius 1 is 0.522 bits per heavy atom. The van der Waals surface area contributed by atoms with E-state index < -0.39 is 0 Å². The molecule has 0 radical (unpaired) electrons. The molecule has 0 amide bonds. The van der Waals surface area contributed by atoms with Gasteiger partial charge < -0.3 is 0 Å². The van der Waals surface area contributed by atoms with E-state index in [0.717, 1.165) is 11.8 Å². The predicted molar refractivity (Wildman–Crippen MR) is 95.1 cm³/mol. The van der Waals surface area contributed by atoms with Crippen LogP contribution in [0.15, 0.2) is 48.6 Å². The summed E-state index contributed by atoms with van der Waals surface area (Å²) in [6, 6.07) is 0. The molecule has 0 aromatic carbocycles. The van der Waals surface area contributed by atoms with Crippen molar-refractivity contribution in [2.75, 3.05) is 0 Å². The molecule has 0 nitrogen and oxygen atoms in total. The Hall–Kier alpha value is -0.326. The van der Waals surface area contributed by atoms with Gasteiger partial charge in [0.05, 0.1) is 0 Å². The van der Waals surface area contributed by atoms with Crippen molar-refractivity contribution < 1.29 is 19.2 Å². The Morgan fingerprint density at radius 2 is 0.870 bits per heavy atom. The average molecular weight is 342 g/mol. The molecule has 4 rings (SSSR count). The topological polar surface area (TPSA) is 0 Å². The normalized spacial score (nSPS) is 29.4. The van der Waals surface area contributed by atoms with Crippen molar-refractivity contribution in [3.8, 4) is 0 Å². The molecule has 1 heteroatoms. The van der Waals surface area contributed by atoms with Gasteiger partial charge in [0.15, 0.2) is 0 Å². The number of hydrogen-bond donors (Lipinski definition) is 0. The van der Waals surface area contributed by atoms with Crippen molar-refractivity contribution in [2.24, 2.45) is 11.8 Å². The Bertz CT molecular complexity index is 452. The van der Waals surface area contributed by atoms with Crippen molar-refractivity contribution in [1.82, 2.24) is 0 Å². The van der Waals surface area contributed by atoms with Gasteiger partial charge in [-0.05, 0) is 0 Å². The molecule has 0 aromatic rings. The van der Waals surface area contributed by atoms with Crippen molar-refractivity contribution >= 4 is 0 Å². The fraction of sp³-hybridized carbons (Fsp3) is 0.636. The third-order valence-electron chi connectivity index (χ3n) is 6.70. The quantitative estimate of drug-likeness (QED) is 0.493. The summed E-state index contributed by atoms with van der Waals surface area (Å²) in [5, 5.41) is 0. The summed E-state index contributed by atoms with van der Waals surface area (Å²) in [6.07, 6.45) is 34.5. The maximum atomic E-state index is 2.62. The van der Waals surface area contributed by atoms with E-state index in [0.29, 0.717) is 7.44 Å². The van der Waals surface area contributed by atoms with Crippen molar-refractivity contribution in [3.05, 3.63) is 48.6 Å². The first-order chi connectivity index (χ1) is 11.3. The molecule has 0 bridgehead atoms. The second-order valence-corrected chi connectivity index (χ2v) is 11.2. The Balaban J connectivity index is 1.61. The first-order valence-corrected chi connectivity index (χ1v) is 11.4. The standard InChI is InChI=1S/2C11H15.Ti/c2*1-2-6-10(7-3-1)11-8-4-5-9-11;/h2*4-5,8-10H,1-3,6-7H2;. The van der Waals surface area contributed by atoms with Crippen molar-refractivity contribution in [3.63, 3.8) is 0 Å². The van der Waals surface area contributed by atoms with Gasteiger partial charge in [-0.2, -0.15) is 0 Å². The predicted octanol–water partition coefficient (Wildman–Crippen LogP) is 6.80. The van der Waals surface area contributed by atoms with Gasteiger partial charge >= 0.3 is 151 Å². The number of hydrogen-bond acceptors (Lipinski definition) is 0.